The number of nitrogens with zero attached hydrogens (tertiary/aromatic N) is 3. The second-order valence-corrected chi connectivity index (χ2v) is 7.51. The van der Waals surface area contributed by atoms with Crippen molar-refractivity contribution < 1.29 is 23.6 Å². The van der Waals surface area contributed by atoms with Gasteiger partial charge in [-0.2, -0.15) is 0 Å². The fraction of sp³-hybridized carbons (Fsp3) is 0.391. The number of fused-ring (bicyclic) bond motifs is 1. The van der Waals surface area contributed by atoms with E-state index in [0.717, 1.165) is 11.1 Å². The summed E-state index contributed by atoms with van der Waals surface area (Å²) in [6.45, 7) is 3.87. The van der Waals surface area contributed by atoms with Gasteiger partial charge in [0, 0.05) is 31.7 Å². The summed E-state index contributed by atoms with van der Waals surface area (Å²) in [4.78, 5) is 32.1. The van der Waals surface area contributed by atoms with E-state index in [1.807, 2.05) is 31.2 Å². The molecule has 9 nitrogen and oxygen atoms in total. The molecule has 1 fully saturated rings. The van der Waals surface area contributed by atoms with E-state index < -0.39 is 6.10 Å². The van der Waals surface area contributed by atoms with Gasteiger partial charge in [-0.1, -0.05) is 30.3 Å². The number of para-hydroxylation sites is 1. The third-order valence-electron chi connectivity index (χ3n) is 5.39. The lowest BCUT2D eigenvalue weighted by molar-refractivity contribution is -0.0257. The van der Waals surface area contributed by atoms with E-state index >= 15 is 0 Å². The molecule has 32 heavy (non-hydrogen) atoms. The molecule has 0 aliphatic carbocycles. The zero-order valence-electron chi connectivity index (χ0n) is 18.2. The number of hydrogen-bond acceptors (Lipinski definition) is 7. The van der Waals surface area contributed by atoms with Gasteiger partial charge in [0.15, 0.2) is 0 Å². The number of pyridine rings is 1. The first kappa shape index (κ1) is 21.9. The molecule has 0 bridgehead atoms. The molecule has 4 rings (SSSR count). The lowest BCUT2D eigenvalue weighted by Gasteiger charge is -2.32. The Morgan fingerprint density at radius 3 is 2.91 bits per heavy atom. The van der Waals surface area contributed by atoms with Crippen LogP contribution in [0.5, 0.6) is 0 Å². The molecule has 3 aromatic rings. The van der Waals surface area contributed by atoms with Crippen molar-refractivity contribution in [2.24, 2.45) is 0 Å². The summed E-state index contributed by atoms with van der Waals surface area (Å²) in [5.41, 5.74) is 2.54. The maximum atomic E-state index is 12.9. The molecule has 0 radical (unpaired) electrons. The van der Waals surface area contributed by atoms with Crippen LogP contribution in [0.1, 0.15) is 45.3 Å². The van der Waals surface area contributed by atoms with Gasteiger partial charge in [0.05, 0.1) is 42.2 Å². The van der Waals surface area contributed by atoms with Crippen molar-refractivity contribution in [3.63, 3.8) is 0 Å². The summed E-state index contributed by atoms with van der Waals surface area (Å²) in [5.74, 6) is -0.226. The molecule has 1 aliphatic heterocycles. The number of methoxy groups -OCH3 is 1. The summed E-state index contributed by atoms with van der Waals surface area (Å²) >= 11 is 0. The Balaban J connectivity index is 1.59. The monoisotopic (exact) mass is 438 g/mol. The minimum Gasteiger partial charge on any atom is -0.383 e. The van der Waals surface area contributed by atoms with Gasteiger partial charge in [-0.25, -0.2) is 4.98 Å². The van der Waals surface area contributed by atoms with E-state index in [2.05, 4.69) is 10.5 Å². The molecule has 1 saturated heterocycles. The fourth-order valence-electron chi connectivity index (χ4n) is 3.66. The largest absolute Gasteiger partial charge is 0.383 e. The second kappa shape index (κ2) is 9.88. The highest BCUT2D eigenvalue weighted by atomic mass is 16.5. The van der Waals surface area contributed by atoms with Crippen molar-refractivity contribution >= 4 is 22.7 Å². The number of amides is 2. The summed E-state index contributed by atoms with van der Waals surface area (Å²) in [5, 5.41) is 7.52. The zero-order chi connectivity index (χ0) is 22.5. The first-order valence-electron chi connectivity index (χ1n) is 10.6. The van der Waals surface area contributed by atoms with Gasteiger partial charge in [0.1, 0.15) is 6.10 Å². The molecular weight excluding hydrogens is 412 g/mol. The predicted octanol–water partition coefficient (Wildman–Crippen LogP) is 2.38. The molecule has 2 aromatic heterocycles. The van der Waals surface area contributed by atoms with Gasteiger partial charge in [-0.05, 0) is 18.6 Å². The topological polar surface area (TPSA) is 107 Å². The summed E-state index contributed by atoms with van der Waals surface area (Å²) in [6.07, 6.45) is 0.232. The summed E-state index contributed by atoms with van der Waals surface area (Å²) in [7, 11) is 1.58. The first-order chi connectivity index (χ1) is 15.6. The summed E-state index contributed by atoms with van der Waals surface area (Å²) < 4.78 is 16.2. The third-order valence-corrected chi connectivity index (χ3v) is 5.39. The number of morpholine rings is 1. The Labute approximate surface area is 185 Å². The first-order valence-corrected chi connectivity index (χ1v) is 10.6. The molecule has 1 aliphatic rings. The van der Waals surface area contributed by atoms with Gasteiger partial charge < -0.3 is 24.2 Å². The normalized spacial score (nSPS) is 16.3. The quantitative estimate of drug-likeness (QED) is 0.565. The minimum atomic E-state index is -0.462. The van der Waals surface area contributed by atoms with E-state index in [-0.39, 0.29) is 17.6 Å². The Kier molecular flexibility index (Phi) is 6.77. The van der Waals surface area contributed by atoms with Crippen molar-refractivity contribution in [2.75, 3.05) is 40.0 Å². The average molecular weight is 438 g/mol. The van der Waals surface area contributed by atoms with Gasteiger partial charge in [0.2, 0.25) is 5.76 Å². The zero-order valence-corrected chi connectivity index (χ0v) is 18.2. The standard InChI is InChI=1S/C23H26N4O5/c1-3-15-12-20(32-26-15)23(29)27-9-11-31-21(14-27)19-13-17(22(28)24-8-10-30-2)16-6-4-5-7-18(16)25-19/h4-7,12-13,21H,3,8-11,14H2,1-2H3,(H,24,28)/t21-/m0/s1. The second-order valence-electron chi connectivity index (χ2n) is 7.51. The average Bonchev–Trinajstić information content (AvgIpc) is 3.32. The Morgan fingerprint density at radius 2 is 2.12 bits per heavy atom. The highest BCUT2D eigenvalue weighted by Crippen LogP contribution is 2.27. The number of ether oxygens (including phenoxy) is 2. The van der Waals surface area contributed by atoms with Crippen molar-refractivity contribution in [3.8, 4) is 0 Å². The number of nitrogens with one attached hydrogen (secondary N) is 1. The maximum Gasteiger partial charge on any atom is 0.292 e. The van der Waals surface area contributed by atoms with Gasteiger partial charge in [-0.15, -0.1) is 0 Å². The fourth-order valence-corrected chi connectivity index (χ4v) is 3.66. The van der Waals surface area contributed by atoms with Crippen molar-refractivity contribution in [1.82, 2.24) is 20.4 Å². The Bertz CT molecular complexity index is 1110. The lowest BCUT2D eigenvalue weighted by Crippen LogP contribution is -2.42. The van der Waals surface area contributed by atoms with Crippen LogP contribution in [0.2, 0.25) is 0 Å². The van der Waals surface area contributed by atoms with Crippen LogP contribution in [-0.4, -0.2) is 66.8 Å². The van der Waals surface area contributed by atoms with Gasteiger partial charge in [0.25, 0.3) is 11.8 Å². The van der Waals surface area contributed by atoms with E-state index in [0.29, 0.717) is 56.0 Å². The van der Waals surface area contributed by atoms with Crippen molar-refractivity contribution in [1.29, 1.82) is 0 Å². The molecule has 0 spiro atoms. The number of rotatable bonds is 7. The van der Waals surface area contributed by atoms with Crippen molar-refractivity contribution in [3.05, 3.63) is 59.1 Å². The third kappa shape index (κ3) is 4.63. The number of aromatic nitrogens is 2. The highest BCUT2D eigenvalue weighted by molar-refractivity contribution is 6.06. The van der Waals surface area contributed by atoms with Crippen LogP contribution in [-0.2, 0) is 15.9 Å². The van der Waals surface area contributed by atoms with E-state index in [1.54, 1.807) is 24.1 Å². The van der Waals surface area contributed by atoms with Crippen LogP contribution in [0.15, 0.2) is 40.9 Å². The van der Waals surface area contributed by atoms with Crippen LogP contribution < -0.4 is 5.32 Å². The number of hydrogen-bond donors (Lipinski definition) is 1. The number of carbonyl (C=O) groups excluding carboxylic acids is 2. The number of carbonyl (C=O) groups is 2. The minimum absolute atomic E-state index is 0.209. The molecule has 0 unspecified atom stereocenters. The van der Waals surface area contributed by atoms with E-state index in [9.17, 15) is 9.59 Å². The maximum absolute atomic E-state index is 12.9. The molecule has 1 aromatic carbocycles. The van der Waals surface area contributed by atoms with Crippen LogP contribution in [0.3, 0.4) is 0 Å². The van der Waals surface area contributed by atoms with Gasteiger partial charge in [-0.3, -0.25) is 9.59 Å². The molecule has 2 amide bonds. The molecular formula is C23H26N4O5. The van der Waals surface area contributed by atoms with Crippen LogP contribution in [0.25, 0.3) is 10.9 Å². The van der Waals surface area contributed by atoms with E-state index in [4.69, 9.17) is 19.0 Å². The molecule has 0 saturated carbocycles. The SMILES string of the molecule is CCc1cc(C(=O)N2CCO[C@H](c3cc(C(=O)NCCOC)c4ccccc4n3)C2)on1. The molecule has 1 atom stereocenters. The molecule has 9 heteroatoms. The van der Waals surface area contributed by atoms with Crippen LogP contribution in [0.4, 0.5) is 0 Å². The Hall–Kier alpha value is -3.30. The molecule has 168 valence electrons. The Morgan fingerprint density at radius 1 is 1.28 bits per heavy atom. The summed E-state index contributed by atoms with van der Waals surface area (Å²) in [6, 6.07) is 10.9. The van der Waals surface area contributed by atoms with Crippen LogP contribution in [0, 0.1) is 0 Å². The number of aryl methyl sites for hydroxylation is 1. The molecule has 3 heterocycles. The van der Waals surface area contributed by atoms with E-state index in [1.165, 1.54) is 0 Å². The predicted molar refractivity (Wildman–Crippen MR) is 116 cm³/mol. The highest BCUT2D eigenvalue weighted by Gasteiger charge is 2.30. The lowest BCUT2D eigenvalue weighted by atomic mass is 10.0. The van der Waals surface area contributed by atoms with Crippen molar-refractivity contribution in [2.45, 2.75) is 19.4 Å². The number of benzene rings is 1. The smallest absolute Gasteiger partial charge is 0.292 e. The van der Waals surface area contributed by atoms with Crippen LogP contribution >= 0.6 is 0 Å². The molecule has 1 N–H and O–H groups in total. The van der Waals surface area contributed by atoms with Gasteiger partial charge >= 0.3 is 0 Å².